The van der Waals surface area contributed by atoms with Crippen molar-refractivity contribution in [3.05, 3.63) is 84.4 Å². The van der Waals surface area contributed by atoms with Crippen LogP contribution in [0.4, 0.5) is 0 Å². The summed E-state index contributed by atoms with van der Waals surface area (Å²) >= 11 is 0. The molecule has 0 aliphatic carbocycles. The van der Waals surface area contributed by atoms with E-state index in [0.29, 0.717) is 17.2 Å². The molecule has 4 nitrogen and oxygen atoms in total. The number of methoxy groups -OCH3 is 1. The van der Waals surface area contributed by atoms with E-state index in [2.05, 4.69) is 0 Å². The van der Waals surface area contributed by atoms with Crippen molar-refractivity contribution >= 4 is 5.97 Å². The number of para-hydroxylation sites is 1. The van der Waals surface area contributed by atoms with Gasteiger partial charge in [-0.3, -0.25) is 4.79 Å². The van der Waals surface area contributed by atoms with Crippen molar-refractivity contribution < 1.29 is 19.0 Å². The Kier molecular flexibility index (Phi) is 5.32. The third-order valence-electron chi connectivity index (χ3n) is 3.52. The fraction of sp³-hybridized carbons (Fsp3) is 0.0952. The molecule has 0 saturated carbocycles. The normalized spacial score (nSPS) is 10.1. The number of carbonyl (C=O) groups excluding carboxylic acids is 1. The molecule has 25 heavy (non-hydrogen) atoms. The van der Waals surface area contributed by atoms with E-state index < -0.39 is 0 Å². The lowest BCUT2D eigenvalue weighted by molar-refractivity contribution is -0.133. The molecule has 0 aromatic heterocycles. The Balaban J connectivity index is 1.58. The molecule has 0 aliphatic heterocycles. The molecular weight excluding hydrogens is 316 g/mol. The Hall–Kier alpha value is -3.27. The number of ether oxygens (including phenoxy) is 3. The third-order valence-corrected chi connectivity index (χ3v) is 3.52. The van der Waals surface area contributed by atoms with Crippen molar-refractivity contribution in [3.8, 4) is 23.0 Å². The molecule has 0 unspecified atom stereocenters. The Labute approximate surface area is 146 Å². The van der Waals surface area contributed by atoms with Gasteiger partial charge in [-0.05, 0) is 54.1 Å². The SMILES string of the molecule is COc1cccc(CC(=O)Oc2ccc(Oc3ccccc3)cc2)c1. The topological polar surface area (TPSA) is 44.8 Å². The van der Waals surface area contributed by atoms with Crippen LogP contribution < -0.4 is 14.2 Å². The molecule has 3 aromatic carbocycles. The first-order chi connectivity index (χ1) is 12.2. The van der Waals surface area contributed by atoms with Crippen LogP contribution in [0.15, 0.2) is 78.9 Å². The molecule has 0 spiro atoms. The quantitative estimate of drug-likeness (QED) is 0.487. The van der Waals surface area contributed by atoms with Crippen molar-refractivity contribution in [2.24, 2.45) is 0 Å². The van der Waals surface area contributed by atoms with Gasteiger partial charge in [-0.2, -0.15) is 0 Å². The molecule has 126 valence electrons. The third kappa shape index (κ3) is 4.85. The lowest BCUT2D eigenvalue weighted by atomic mass is 10.1. The summed E-state index contributed by atoms with van der Waals surface area (Å²) in [6.07, 6.45) is 0.180. The molecular formula is C21H18O4. The number of rotatable bonds is 6. The number of carbonyl (C=O) groups is 1. The van der Waals surface area contributed by atoms with Crippen molar-refractivity contribution in [2.75, 3.05) is 7.11 Å². The van der Waals surface area contributed by atoms with Crippen molar-refractivity contribution in [1.82, 2.24) is 0 Å². The van der Waals surface area contributed by atoms with Gasteiger partial charge in [0.25, 0.3) is 0 Å². The van der Waals surface area contributed by atoms with Gasteiger partial charge in [-0.1, -0.05) is 30.3 Å². The van der Waals surface area contributed by atoms with Gasteiger partial charge in [0, 0.05) is 0 Å². The number of hydrogen-bond acceptors (Lipinski definition) is 4. The molecule has 0 N–H and O–H groups in total. The van der Waals surface area contributed by atoms with Gasteiger partial charge >= 0.3 is 5.97 Å². The lowest BCUT2D eigenvalue weighted by Crippen LogP contribution is -2.11. The van der Waals surface area contributed by atoms with Crippen molar-refractivity contribution in [2.45, 2.75) is 6.42 Å². The second-order valence-corrected chi connectivity index (χ2v) is 5.39. The summed E-state index contributed by atoms with van der Waals surface area (Å²) in [6, 6.07) is 23.8. The minimum atomic E-state index is -0.329. The molecule has 3 rings (SSSR count). The standard InChI is InChI=1S/C21H18O4/c1-23-20-9-5-6-16(14-20)15-21(22)25-19-12-10-18(11-13-19)24-17-7-3-2-4-8-17/h2-14H,15H2,1H3. The van der Waals surface area contributed by atoms with Crippen LogP contribution in [0.1, 0.15) is 5.56 Å². The van der Waals surface area contributed by atoms with Crippen LogP contribution in [0.25, 0.3) is 0 Å². The Bertz CT molecular complexity index is 826. The zero-order valence-electron chi connectivity index (χ0n) is 13.8. The van der Waals surface area contributed by atoms with E-state index in [0.717, 1.165) is 11.3 Å². The first-order valence-electron chi connectivity index (χ1n) is 7.89. The summed E-state index contributed by atoms with van der Waals surface area (Å²) in [5.74, 6) is 2.30. The van der Waals surface area contributed by atoms with Gasteiger partial charge in [0.05, 0.1) is 13.5 Å². The molecule has 0 atom stereocenters. The monoisotopic (exact) mass is 334 g/mol. The van der Waals surface area contributed by atoms with Crippen molar-refractivity contribution in [3.63, 3.8) is 0 Å². The smallest absolute Gasteiger partial charge is 0.315 e. The van der Waals surface area contributed by atoms with Crippen LogP contribution in [0, 0.1) is 0 Å². The van der Waals surface area contributed by atoms with E-state index in [4.69, 9.17) is 14.2 Å². The van der Waals surface area contributed by atoms with E-state index >= 15 is 0 Å². The van der Waals surface area contributed by atoms with Gasteiger partial charge in [-0.25, -0.2) is 0 Å². The van der Waals surface area contributed by atoms with Crippen LogP contribution in [-0.4, -0.2) is 13.1 Å². The Morgan fingerprint density at radius 2 is 1.40 bits per heavy atom. The maximum Gasteiger partial charge on any atom is 0.315 e. The summed E-state index contributed by atoms with van der Waals surface area (Å²) < 4.78 is 16.2. The van der Waals surface area contributed by atoms with Crippen LogP contribution >= 0.6 is 0 Å². The fourth-order valence-corrected chi connectivity index (χ4v) is 2.32. The summed E-state index contributed by atoms with van der Waals surface area (Å²) in [7, 11) is 1.59. The molecule has 0 saturated heterocycles. The highest BCUT2D eigenvalue weighted by molar-refractivity contribution is 5.75. The van der Waals surface area contributed by atoms with Gasteiger partial charge in [0.15, 0.2) is 0 Å². The molecule has 3 aromatic rings. The number of benzene rings is 3. The van der Waals surface area contributed by atoms with Gasteiger partial charge in [0.2, 0.25) is 0 Å². The lowest BCUT2D eigenvalue weighted by Gasteiger charge is -2.08. The van der Waals surface area contributed by atoms with Crippen LogP contribution in [-0.2, 0) is 11.2 Å². The van der Waals surface area contributed by atoms with Gasteiger partial charge in [0.1, 0.15) is 23.0 Å². The second-order valence-electron chi connectivity index (χ2n) is 5.39. The molecule has 0 amide bonds. The number of hydrogen-bond donors (Lipinski definition) is 0. The van der Waals surface area contributed by atoms with Crippen LogP contribution in [0.5, 0.6) is 23.0 Å². The van der Waals surface area contributed by atoms with E-state index in [1.165, 1.54) is 0 Å². The molecule has 0 aliphatic rings. The molecule has 4 heteroatoms. The van der Waals surface area contributed by atoms with Gasteiger partial charge < -0.3 is 14.2 Å². The summed E-state index contributed by atoms with van der Waals surface area (Å²) in [4.78, 5) is 12.1. The highest BCUT2D eigenvalue weighted by atomic mass is 16.5. The predicted octanol–water partition coefficient (Wildman–Crippen LogP) is 4.64. The summed E-state index contributed by atoms with van der Waals surface area (Å²) in [5, 5.41) is 0. The zero-order chi connectivity index (χ0) is 17.5. The summed E-state index contributed by atoms with van der Waals surface area (Å²) in [6.45, 7) is 0. The zero-order valence-corrected chi connectivity index (χ0v) is 13.8. The van der Waals surface area contributed by atoms with E-state index in [-0.39, 0.29) is 12.4 Å². The molecule has 0 radical (unpaired) electrons. The molecule has 0 bridgehead atoms. The predicted molar refractivity (Wildman–Crippen MR) is 95.3 cm³/mol. The Morgan fingerprint density at radius 1 is 0.760 bits per heavy atom. The molecule has 0 fully saturated rings. The first-order valence-corrected chi connectivity index (χ1v) is 7.89. The second kappa shape index (κ2) is 8.02. The van der Waals surface area contributed by atoms with E-state index in [1.54, 1.807) is 31.4 Å². The van der Waals surface area contributed by atoms with E-state index in [9.17, 15) is 4.79 Å². The molecule has 0 heterocycles. The van der Waals surface area contributed by atoms with Crippen LogP contribution in [0.2, 0.25) is 0 Å². The maximum atomic E-state index is 12.1. The van der Waals surface area contributed by atoms with E-state index in [1.807, 2.05) is 54.6 Å². The largest absolute Gasteiger partial charge is 0.497 e. The fourth-order valence-electron chi connectivity index (χ4n) is 2.32. The highest BCUT2D eigenvalue weighted by Crippen LogP contribution is 2.24. The average Bonchev–Trinajstić information content (AvgIpc) is 2.64. The Morgan fingerprint density at radius 3 is 2.12 bits per heavy atom. The van der Waals surface area contributed by atoms with Crippen molar-refractivity contribution in [1.29, 1.82) is 0 Å². The average molecular weight is 334 g/mol. The van der Waals surface area contributed by atoms with Crippen LogP contribution in [0.3, 0.4) is 0 Å². The number of esters is 1. The minimum absolute atomic E-state index is 0.180. The maximum absolute atomic E-state index is 12.1. The summed E-state index contributed by atoms with van der Waals surface area (Å²) in [5.41, 5.74) is 0.841. The van der Waals surface area contributed by atoms with Gasteiger partial charge in [-0.15, -0.1) is 0 Å². The highest BCUT2D eigenvalue weighted by Gasteiger charge is 2.08. The minimum Gasteiger partial charge on any atom is -0.497 e. The first kappa shape index (κ1) is 16.6.